The zero-order chi connectivity index (χ0) is 22.8. The number of ether oxygens (including phenoxy) is 1. The third-order valence-corrected chi connectivity index (χ3v) is 6.27. The predicted octanol–water partition coefficient (Wildman–Crippen LogP) is 5.18. The molecular formula is C23H29ClN2O4S. The lowest BCUT2D eigenvalue weighted by atomic mass is 9.99. The van der Waals surface area contributed by atoms with Crippen LogP contribution >= 0.6 is 23.4 Å². The van der Waals surface area contributed by atoms with Gasteiger partial charge < -0.3 is 20.8 Å². The van der Waals surface area contributed by atoms with Crippen molar-refractivity contribution >= 4 is 35.0 Å². The first-order valence-electron chi connectivity index (χ1n) is 10.3. The Bertz CT molecular complexity index is 934. The molecule has 0 aliphatic carbocycles. The number of carbonyl (C=O) groups excluding carboxylic acids is 1. The molecule has 2 aromatic carbocycles. The van der Waals surface area contributed by atoms with Crippen molar-refractivity contribution in [2.45, 2.75) is 50.8 Å². The van der Waals surface area contributed by atoms with E-state index in [0.717, 1.165) is 34.6 Å². The highest BCUT2D eigenvalue weighted by Crippen LogP contribution is 2.34. The first kappa shape index (κ1) is 24.9. The normalized spacial score (nSPS) is 11.5. The second kappa shape index (κ2) is 12.5. The van der Waals surface area contributed by atoms with Crippen molar-refractivity contribution in [1.82, 2.24) is 0 Å². The number of halogens is 1. The van der Waals surface area contributed by atoms with E-state index in [0.29, 0.717) is 41.5 Å². The van der Waals surface area contributed by atoms with E-state index in [1.54, 1.807) is 23.9 Å². The van der Waals surface area contributed by atoms with Crippen LogP contribution in [0, 0.1) is 0 Å². The van der Waals surface area contributed by atoms with Gasteiger partial charge in [0.2, 0.25) is 5.91 Å². The molecule has 0 fully saturated rings. The molecule has 0 aliphatic heterocycles. The molecule has 0 heterocycles. The van der Waals surface area contributed by atoms with E-state index in [4.69, 9.17) is 22.1 Å². The molecule has 0 aromatic heterocycles. The van der Waals surface area contributed by atoms with Crippen LogP contribution in [0.1, 0.15) is 49.8 Å². The van der Waals surface area contributed by atoms with Crippen molar-refractivity contribution in [3.63, 3.8) is 0 Å². The van der Waals surface area contributed by atoms with Crippen LogP contribution < -0.4 is 10.5 Å². The Kier molecular flexibility index (Phi) is 10.0. The number of nitrogens with two attached hydrogens (primary N) is 1. The van der Waals surface area contributed by atoms with Crippen molar-refractivity contribution in [1.29, 1.82) is 0 Å². The van der Waals surface area contributed by atoms with Gasteiger partial charge in [-0.15, -0.1) is 11.8 Å². The number of oxime groups is 1. The average molecular weight is 465 g/mol. The second-order valence-corrected chi connectivity index (χ2v) is 8.59. The van der Waals surface area contributed by atoms with Crippen LogP contribution in [0.4, 0.5) is 0 Å². The molecule has 0 radical (unpaired) electrons. The number of phenolic OH excluding ortho intramolecular Hbond substituents is 1. The Labute approximate surface area is 192 Å². The summed E-state index contributed by atoms with van der Waals surface area (Å²) in [5, 5.41) is 23.7. The van der Waals surface area contributed by atoms with Crippen LogP contribution in [0.2, 0.25) is 5.02 Å². The highest BCUT2D eigenvalue weighted by atomic mass is 35.5. The first-order valence-corrected chi connectivity index (χ1v) is 11.7. The second-order valence-electron chi connectivity index (χ2n) is 7.05. The van der Waals surface area contributed by atoms with Crippen LogP contribution in [-0.4, -0.2) is 34.3 Å². The molecule has 2 aromatic rings. The topological polar surface area (TPSA) is 105 Å². The molecule has 0 saturated heterocycles. The highest BCUT2D eigenvalue weighted by Gasteiger charge is 2.16. The number of aromatic hydroxyl groups is 1. The zero-order valence-electron chi connectivity index (χ0n) is 17.9. The molecule has 168 valence electrons. The fourth-order valence-corrected chi connectivity index (χ4v) is 4.40. The van der Waals surface area contributed by atoms with Gasteiger partial charge in [-0.3, -0.25) is 4.79 Å². The number of carbonyl (C=O) groups is 1. The molecule has 0 aliphatic rings. The molecule has 0 spiro atoms. The van der Waals surface area contributed by atoms with E-state index in [1.807, 2.05) is 32.0 Å². The van der Waals surface area contributed by atoms with Crippen LogP contribution in [-0.2, 0) is 17.6 Å². The molecule has 0 saturated carbocycles. The summed E-state index contributed by atoms with van der Waals surface area (Å²) < 4.78 is 5.94. The van der Waals surface area contributed by atoms with E-state index in [1.165, 1.54) is 0 Å². The van der Waals surface area contributed by atoms with E-state index in [2.05, 4.69) is 5.16 Å². The first-order chi connectivity index (χ1) is 14.9. The minimum Gasteiger partial charge on any atom is -0.507 e. The molecule has 8 heteroatoms. The maximum Gasteiger partial charge on any atom is 0.221 e. The Balaban J connectivity index is 1.95. The zero-order valence-corrected chi connectivity index (χ0v) is 19.4. The minimum atomic E-state index is -0.385. The van der Waals surface area contributed by atoms with Crippen molar-refractivity contribution in [3.05, 3.63) is 52.0 Å². The lowest BCUT2D eigenvalue weighted by Gasteiger charge is -2.16. The Morgan fingerprint density at radius 2 is 2.03 bits per heavy atom. The molecular weight excluding hydrogens is 436 g/mol. The lowest BCUT2D eigenvalue weighted by Crippen LogP contribution is -2.13. The number of nitrogens with zero attached hydrogens (tertiary/aromatic N) is 1. The average Bonchev–Trinajstić information content (AvgIpc) is 2.73. The molecule has 31 heavy (non-hydrogen) atoms. The van der Waals surface area contributed by atoms with Gasteiger partial charge in [0.15, 0.2) is 0 Å². The minimum absolute atomic E-state index is 0.117. The van der Waals surface area contributed by atoms with Crippen LogP contribution in [0.3, 0.4) is 0 Å². The van der Waals surface area contributed by atoms with Crippen molar-refractivity contribution < 1.29 is 19.8 Å². The number of rotatable bonds is 12. The third-order valence-electron chi connectivity index (χ3n) is 4.68. The Morgan fingerprint density at radius 1 is 1.26 bits per heavy atom. The van der Waals surface area contributed by atoms with Gasteiger partial charge >= 0.3 is 0 Å². The van der Waals surface area contributed by atoms with Gasteiger partial charge in [-0.2, -0.15) is 0 Å². The molecule has 1 amide bonds. The standard InChI is InChI=1S/C23H29ClN2O4S/c1-3-6-17-20(9-8-16(23(17)28)19(4-2)26-29)30-11-5-12-31-21-10-7-15(13-18(21)24)14-22(25)27/h7-10,13,28-29H,3-6,11-12,14H2,1-2H3,(H2,25,27)/b26-19+. The summed E-state index contributed by atoms with van der Waals surface area (Å²) in [6.45, 7) is 4.40. The Morgan fingerprint density at radius 3 is 2.65 bits per heavy atom. The van der Waals surface area contributed by atoms with Gasteiger partial charge in [-0.05, 0) is 49.1 Å². The summed E-state index contributed by atoms with van der Waals surface area (Å²) in [5.41, 5.74) is 7.72. The smallest absolute Gasteiger partial charge is 0.221 e. The summed E-state index contributed by atoms with van der Waals surface area (Å²) in [5.74, 6) is 1.19. The van der Waals surface area contributed by atoms with Gasteiger partial charge in [-0.25, -0.2) is 0 Å². The van der Waals surface area contributed by atoms with Crippen molar-refractivity contribution in [2.75, 3.05) is 12.4 Å². The van der Waals surface area contributed by atoms with E-state index >= 15 is 0 Å². The van der Waals surface area contributed by atoms with Crippen molar-refractivity contribution in [3.8, 4) is 11.5 Å². The fraction of sp³-hybridized carbons (Fsp3) is 0.391. The number of thioether (sulfide) groups is 1. The van der Waals surface area contributed by atoms with E-state index in [-0.39, 0.29) is 18.1 Å². The fourth-order valence-electron chi connectivity index (χ4n) is 3.19. The molecule has 0 bridgehead atoms. The monoisotopic (exact) mass is 464 g/mol. The molecule has 0 unspecified atom stereocenters. The van der Waals surface area contributed by atoms with Gasteiger partial charge in [0, 0.05) is 21.8 Å². The van der Waals surface area contributed by atoms with Gasteiger partial charge in [0.1, 0.15) is 11.5 Å². The summed E-state index contributed by atoms with van der Waals surface area (Å²) >= 11 is 7.92. The largest absolute Gasteiger partial charge is 0.507 e. The third kappa shape index (κ3) is 7.08. The SMILES string of the molecule is CCCc1c(OCCCSc2ccc(CC(N)=O)cc2Cl)ccc(/C(CC)=N/O)c1O. The number of phenols is 1. The number of benzene rings is 2. The predicted molar refractivity (Wildman–Crippen MR) is 126 cm³/mol. The lowest BCUT2D eigenvalue weighted by molar-refractivity contribution is -0.117. The number of hydrogen-bond donors (Lipinski definition) is 3. The van der Waals surface area contributed by atoms with Gasteiger partial charge in [0.05, 0.1) is 23.8 Å². The molecule has 0 atom stereocenters. The summed E-state index contributed by atoms with van der Waals surface area (Å²) in [4.78, 5) is 12.0. The quantitative estimate of drug-likeness (QED) is 0.132. The van der Waals surface area contributed by atoms with Crippen LogP contribution in [0.5, 0.6) is 11.5 Å². The maximum absolute atomic E-state index is 11.0. The summed E-state index contributed by atoms with van der Waals surface area (Å²) in [6, 6.07) is 9.08. The van der Waals surface area contributed by atoms with E-state index < -0.39 is 0 Å². The molecule has 6 nitrogen and oxygen atoms in total. The van der Waals surface area contributed by atoms with Crippen molar-refractivity contribution in [2.24, 2.45) is 10.9 Å². The van der Waals surface area contributed by atoms with Crippen LogP contribution in [0.25, 0.3) is 0 Å². The van der Waals surface area contributed by atoms with Gasteiger partial charge in [0.25, 0.3) is 0 Å². The summed E-state index contributed by atoms with van der Waals surface area (Å²) in [6.07, 6.45) is 2.99. The molecule has 2 rings (SSSR count). The van der Waals surface area contributed by atoms with E-state index in [9.17, 15) is 15.1 Å². The number of primary amides is 1. The molecule has 4 N–H and O–H groups in total. The number of amides is 1. The van der Waals surface area contributed by atoms with Crippen LogP contribution in [0.15, 0.2) is 40.4 Å². The van der Waals surface area contributed by atoms with Gasteiger partial charge in [-0.1, -0.05) is 43.1 Å². The number of hydrogen-bond acceptors (Lipinski definition) is 6. The maximum atomic E-state index is 11.0. The highest BCUT2D eigenvalue weighted by molar-refractivity contribution is 7.99. The summed E-state index contributed by atoms with van der Waals surface area (Å²) in [7, 11) is 0. The Hall–Kier alpha value is -2.38.